The van der Waals surface area contributed by atoms with Gasteiger partial charge in [0, 0.05) is 0 Å². The Balaban J connectivity index is 0. The van der Waals surface area contributed by atoms with Gasteiger partial charge in [0.2, 0.25) is 0 Å². The van der Waals surface area contributed by atoms with Gasteiger partial charge in [0.15, 0.2) is 0 Å². The Hall–Kier alpha value is -0.570. The fourth-order valence-electron chi connectivity index (χ4n) is 1.66. The molecule has 1 unspecified atom stereocenters. The van der Waals surface area contributed by atoms with Gasteiger partial charge in [-0.05, 0) is 26.9 Å². The maximum Gasteiger partial charge on any atom is 0.306 e. The molecule has 0 rings (SSSR count). The highest BCUT2D eigenvalue weighted by Gasteiger charge is 2.15. The summed E-state index contributed by atoms with van der Waals surface area (Å²) in [5.41, 5.74) is 0. The lowest BCUT2D eigenvalue weighted by Gasteiger charge is -2.10. The van der Waals surface area contributed by atoms with Crippen molar-refractivity contribution in [2.24, 2.45) is 5.92 Å². The zero-order valence-corrected chi connectivity index (χ0v) is 12.1. The van der Waals surface area contributed by atoms with E-state index in [2.05, 4.69) is 19.2 Å². The highest BCUT2D eigenvalue weighted by atomic mass is 16.4. The van der Waals surface area contributed by atoms with Crippen molar-refractivity contribution in [1.82, 2.24) is 5.32 Å². The van der Waals surface area contributed by atoms with Crippen molar-refractivity contribution in [3.8, 4) is 0 Å². The third-order valence-electron chi connectivity index (χ3n) is 2.66. The summed E-state index contributed by atoms with van der Waals surface area (Å²) in [6.07, 6.45) is 8.59. The summed E-state index contributed by atoms with van der Waals surface area (Å²) in [5.74, 6) is -0.693. The van der Waals surface area contributed by atoms with Crippen molar-refractivity contribution in [2.75, 3.05) is 14.1 Å². The summed E-state index contributed by atoms with van der Waals surface area (Å²) in [6.45, 7) is 4.28. The van der Waals surface area contributed by atoms with Crippen LogP contribution in [0.1, 0.15) is 65.2 Å². The number of carboxylic acids is 1. The van der Waals surface area contributed by atoms with Gasteiger partial charge in [-0.1, -0.05) is 52.4 Å². The van der Waals surface area contributed by atoms with Crippen molar-refractivity contribution >= 4 is 5.97 Å². The van der Waals surface area contributed by atoms with E-state index in [1.807, 2.05) is 14.1 Å². The Labute approximate surface area is 107 Å². The number of hydrogen-bond donors (Lipinski definition) is 2. The fraction of sp³-hybridized carbons (Fsp3) is 0.929. The second-order valence-electron chi connectivity index (χ2n) is 4.53. The molecule has 0 amide bonds. The van der Waals surface area contributed by atoms with Crippen LogP contribution in [0.5, 0.6) is 0 Å². The number of unbranched alkanes of at least 4 members (excludes halogenated alkanes) is 4. The molecule has 0 aromatic rings. The fourth-order valence-corrected chi connectivity index (χ4v) is 1.66. The van der Waals surface area contributed by atoms with Crippen molar-refractivity contribution in [1.29, 1.82) is 0 Å². The summed E-state index contributed by atoms with van der Waals surface area (Å²) in [5, 5.41) is 11.7. The predicted molar refractivity (Wildman–Crippen MR) is 74.4 cm³/mol. The van der Waals surface area contributed by atoms with Crippen molar-refractivity contribution in [2.45, 2.75) is 65.2 Å². The SMILES string of the molecule is CCCCCCC(CCCC)C(=O)O.CNC. The van der Waals surface area contributed by atoms with Crippen LogP contribution in [0.25, 0.3) is 0 Å². The second-order valence-corrected chi connectivity index (χ2v) is 4.53. The molecule has 0 aromatic heterocycles. The molecule has 2 N–H and O–H groups in total. The highest BCUT2D eigenvalue weighted by Crippen LogP contribution is 2.17. The first kappa shape index (κ1) is 18.8. The Morgan fingerprint density at radius 1 is 1.00 bits per heavy atom. The van der Waals surface area contributed by atoms with Gasteiger partial charge in [0.25, 0.3) is 0 Å². The van der Waals surface area contributed by atoms with Crippen LogP contribution in [0, 0.1) is 5.92 Å². The van der Waals surface area contributed by atoms with E-state index < -0.39 is 5.97 Å². The van der Waals surface area contributed by atoms with Gasteiger partial charge in [-0.2, -0.15) is 0 Å². The lowest BCUT2D eigenvalue weighted by molar-refractivity contribution is -0.142. The molecule has 0 saturated carbocycles. The van der Waals surface area contributed by atoms with Crippen molar-refractivity contribution < 1.29 is 9.90 Å². The van der Waals surface area contributed by atoms with Gasteiger partial charge in [-0.15, -0.1) is 0 Å². The Morgan fingerprint density at radius 3 is 1.88 bits per heavy atom. The molecule has 0 aliphatic rings. The van der Waals surface area contributed by atoms with E-state index in [-0.39, 0.29) is 5.92 Å². The van der Waals surface area contributed by atoms with Crippen LogP contribution in [-0.4, -0.2) is 25.2 Å². The minimum absolute atomic E-state index is 0.0909. The molecule has 0 saturated heterocycles. The minimum Gasteiger partial charge on any atom is -0.481 e. The molecule has 0 aliphatic heterocycles. The number of nitrogens with one attached hydrogen (secondary N) is 1. The van der Waals surface area contributed by atoms with E-state index in [0.29, 0.717) is 0 Å². The first-order valence-electron chi connectivity index (χ1n) is 6.95. The summed E-state index contributed by atoms with van der Waals surface area (Å²) >= 11 is 0. The van der Waals surface area contributed by atoms with Gasteiger partial charge in [-0.25, -0.2) is 0 Å². The van der Waals surface area contributed by atoms with Crippen LogP contribution in [0.4, 0.5) is 0 Å². The Bertz CT molecular complexity index is 160. The molecule has 0 heterocycles. The first-order valence-corrected chi connectivity index (χ1v) is 6.95. The van der Waals surface area contributed by atoms with E-state index in [9.17, 15) is 4.79 Å². The molecule has 104 valence electrons. The number of hydrogen-bond acceptors (Lipinski definition) is 2. The zero-order valence-electron chi connectivity index (χ0n) is 12.1. The molecule has 0 spiro atoms. The lowest BCUT2D eigenvalue weighted by atomic mass is 9.95. The monoisotopic (exact) mass is 245 g/mol. The van der Waals surface area contributed by atoms with E-state index in [0.717, 1.165) is 32.1 Å². The Kier molecular flexibility index (Phi) is 17.1. The molecular weight excluding hydrogens is 214 g/mol. The maximum atomic E-state index is 10.9. The molecule has 0 fully saturated rings. The minimum atomic E-state index is -0.602. The number of rotatable bonds is 9. The molecule has 0 aliphatic carbocycles. The second kappa shape index (κ2) is 15.4. The van der Waals surface area contributed by atoms with Crippen molar-refractivity contribution in [3.63, 3.8) is 0 Å². The topological polar surface area (TPSA) is 49.3 Å². The molecule has 0 aromatic carbocycles. The van der Waals surface area contributed by atoms with Gasteiger partial charge in [0.05, 0.1) is 5.92 Å². The molecule has 0 bridgehead atoms. The predicted octanol–water partition coefficient (Wildman–Crippen LogP) is 3.68. The Morgan fingerprint density at radius 2 is 1.47 bits per heavy atom. The molecule has 0 radical (unpaired) electrons. The van der Waals surface area contributed by atoms with Gasteiger partial charge in [-0.3, -0.25) is 4.79 Å². The average Bonchev–Trinajstić information content (AvgIpc) is 2.29. The molecule has 3 heteroatoms. The number of carboxylic acid groups (broad SMARTS) is 1. The number of carbonyl (C=O) groups is 1. The molecule has 1 atom stereocenters. The standard InChI is InChI=1S/C12H24O2.C2H7N/c1-3-5-7-8-10-11(12(13)14)9-6-4-2;1-3-2/h11H,3-10H2,1-2H3,(H,13,14);3H,1-2H3. The van der Waals surface area contributed by atoms with E-state index in [1.54, 1.807) is 0 Å². The maximum absolute atomic E-state index is 10.9. The highest BCUT2D eigenvalue weighted by molar-refractivity contribution is 5.69. The zero-order chi connectivity index (χ0) is 13.5. The van der Waals surface area contributed by atoms with Crippen LogP contribution in [0.15, 0.2) is 0 Å². The normalized spacial score (nSPS) is 11.5. The molecular formula is C14H31NO2. The summed E-state index contributed by atoms with van der Waals surface area (Å²) in [7, 11) is 3.75. The van der Waals surface area contributed by atoms with Crippen LogP contribution in [-0.2, 0) is 4.79 Å². The first-order chi connectivity index (χ1) is 8.13. The molecule has 3 nitrogen and oxygen atoms in total. The summed E-state index contributed by atoms with van der Waals surface area (Å²) in [6, 6.07) is 0. The third kappa shape index (κ3) is 15.4. The summed E-state index contributed by atoms with van der Waals surface area (Å²) in [4.78, 5) is 10.9. The van der Waals surface area contributed by atoms with Gasteiger partial charge < -0.3 is 10.4 Å². The quantitative estimate of drug-likeness (QED) is 0.609. The van der Waals surface area contributed by atoms with Gasteiger partial charge >= 0.3 is 5.97 Å². The number of aliphatic carboxylic acids is 1. The van der Waals surface area contributed by atoms with Crippen LogP contribution in [0.2, 0.25) is 0 Å². The van der Waals surface area contributed by atoms with Gasteiger partial charge in [0.1, 0.15) is 0 Å². The van der Waals surface area contributed by atoms with Crippen molar-refractivity contribution in [3.05, 3.63) is 0 Å². The molecule has 17 heavy (non-hydrogen) atoms. The largest absolute Gasteiger partial charge is 0.481 e. The average molecular weight is 245 g/mol. The van der Waals surface area contributed by atoms with E-state index in [4.69, 9.17) is 5.11 Å². The smallest absolute Gasteiger partial charge is 0.306 e. The third-order valence-corrected chi connectivity index (χ3v) is 2.66. The summed E-state index contributed by atoms with van der Waals surface area (Å²) < 4.78 is 0. The lowest BCUT2D eigenvalue weighted by Crippen LogP contribution is -2.13. The van der Waals surface area contributed by atoms with Crippen LogP contribution >= 0.6 is 0 Å². The van der Waals surface area contributed by atoms with Crippen LogP contribution in [0.3, 0.4) is 0 Å². The van der Waals surface area contributed by atoms with E-state index >= 15 is 0 Å². The van der Waals surface area contributed by atoms with E-state index in [1.165, 1.54) is 19.3 Å². The van der Waals surface area contributed by atoms with Crippen LogP contribution < -0.4 is 5.32 Å².